The molecule has 0 aliphatic carbocycles. The van der Waals surface area contributed by atoms with E-state index in [9.17, 15) is 5.11 Å². The summed E-state index contributed by atoms with van der Waals surface area (Å²) < 4.78 is 1.83. The highest BCUT2D eigenvalue weighted by Gasteiger charge is 2.12. The minimum absolute atomic E-state index is 0.500. The van der Waals surface area contributed by atoms with Gasteiger partial charge in [-0.1, -0.05) is 0 Å². The molecule has 0 aromatic carbocycles. The van der Waals surface area contributed by atoms with Crippen molar-refractivity contribution in [2.24, 2.45) is 7.05 Å². The van der Waals surface area contributed by atoms with Crippen LogP contribution in [0.4, 0.5) is 0 Å². The van der Waals surface area contributed by atoms with E-state index < -0.39 is 6.10 Å². The molecule has 1 rings (SSSR count). The van der Waals surface area contributed by atoms with Gasteiger partial charge in [0, 0.05) is 26.0 Å². The molecule has 4 nitrogen and oxygen atoms in total. The molecule has 1 unspecified atom stereocenters. The van der Waals surface area contributed by atoms with Gasteiger partial charge in [0.05, 0.1) is 0 Å². The first-order valence-electron chi connectivity index (χ1n) is 3.91. The third-order valence-corrected chi connectivity index (χ3v) is 1.69. The van der Waals surface area contributed by atoms with Crippen LogP contribution in [-0.2, 0) is 7.05 Å². The number of imidazole rings is 1. The molecule has 4 heteroatoms. The fourth-order valence-electron chi connectivity index (χ4n) is 1.13. The maximum atomic E-state index is 9.64. The number of aryl methyl sites for hydroxylation is 1. The van der Waals surface area contributed by atoms with E-state index in [1.807, 2.05) is 36.8 Å². The van der Waals surface area contributed by atoms with Crippen molar-refractivity contribution < 1.29 is 5.11 Å². The lowest BCUT2D eigenvalue weighted by Gasteiger charge is -2.15. The van der Waals surface area contributed by atoms with E-state index >= 15 is 0 Å². The predicted octanol–water partition coefficient (Wildman–Crippen LogP) is 0.0151. The molecule has 68 valence electrons. The van der Waals surface area contributed by atoms with Gasteiger partial charge in [-0.05, 0) is 14.1 Å². The molecule has 0 saturated carbocycles. The predicted molar refractivity (Wildman–Crippen MR) is 46.7 cm³/mol. The second kappa shape index (κ2) is 3.69. The molecule has 0 aliphatic rings. The van der Waals surface area contributed by atoms with Gasteiger partial charge in [-0.15, -0.1) is 0 Å². The van der Waals surface area contributed by atoms with Crippen LogP contribution in [0.5, 0.6) is 0 Å². The minimum Gasteiger partial charge on any atom is -0.384 e. The average Bonchev–Trinajstić information content (AvgIpc) is 2.33. The van der Waals surface area contributed by atoms with Crippen molar-refractivity contribution in [2.45, 2.75) is 6.10 Å². The molecule has 1 heterocycles. The third-order valence-electron chi connectivity index (χ3n) is 1.69. The van der Waals surface area contributed by atoms with Gasteiger partial charge in [0.1, 0.15) is 11.9 Å². The van der Waals surface area contributed by atoms with Crippen molar-refractivity contribution in [2.75, 3.05) is 20.6 Å². The number of hydrogen-bond acceptors (Lipinski definition) is 3. The van der Waals surface area contributed by atoms with Crippen LogP contribution >= 0.6 is 0 Å². The van der Waals surface area contributed by atoms with E-state index in [0.29, 0.717) is 12.4 Å². The van der Waals surface area contributed by atoms with Crippen LogP contribution in [0.1, 0.15) is 11.9 Å². The number of aliphatic hydroxyl groups is 1. The summed E-state index contributed by atoms with van der Waals surface area (Å²) in [5.74, 6) is 0.712. The van der Waals surface area contributed by atoms with E-state index in [4.69, 9.17) is 0 Å². The number of rotatable bonds is 3. The Morgan fingerprint density at radius 3 is 2.75 bits per heavy atom. The van der Waals surface area contributed by atoms with Crippen LogP contribution in [0.2, 0.25) is 0 Å². The van der Waals surface area contributed by atoms with Crippen molar-refractivity contribution in [1.82, 2.24) is 14.5 Å². The summed E-state index contributed by atoms with van der Waals surface area (Å²) in [6.45, 7) is 0.602. The van der Waals surface area contributed by atoms with E-state index in [1.165, 1.54) is 0 Å². The maximum absolute atomic E-state index is 9.64. The normalized spacial score (nSPS) is 13.8. The second-order valence-electron chi connectivity index (χ2n) is 3.17. The fraction of sp³-hybridized carbons (Fsp3) is 0.625. The van der Waals surface area contributed by atoms with Crippen molar-refractivity contribution in [1.29, 1.82) is 0 Å². The zero-order chi connectivity index (χ0) is 9.14. The Morgan fingerprint density at radius 2 is 2.33 bits per heavy atom. The number of aliphatic hydroxyl groups excluding tert-OH is 1. The Labute approximate surface area is 72.4 Å². The van der Waals surface area contributed by atoms with Crippen LogP contribution in [0.25, 0.3) is 0 Å². The molecular formula is C8H15N3O. The van der Waals surface area contributed by atoms with E-state index in [-0.39, 0.29) is 0 Å². The molecule has 0 fully saturated rings. The number of nitrogens with zero attached hydrogens (tertiary/aromatic N) is 3. The first kappa shape index (κ1) is 9.22. The summed E-state index contributed by atoms with van der Waals surface area (Å²) >= 11 is 0. The Balaban J connectivity index is 2.65. The first-order valence-corrected chi connectivity index (χ1v) is 3.91. The molecule has 1 atom stereocenters. The van der Waals surface area contributed by atoms with Crippen LogP contribution in [0, 0.1) is 0 Å². The summed E-state index contributed by atoms with van der Waals surface area (Å²) in [6.07, 6.45) is 3.02. The van der Waals surface area contributed by atoms with Crippen molar-refractivity contribution in [3.63, 3.8) is 0 Å². The zero-order valence-corrected chi connectivity index (χ0v) is 7.73. The molecule has 0 aliphatic heterocycles. The third kappa shape index (κ3) is 2.06. The van der Waals surface area contributed by atoms with Crippen LogP contribution in [0.15, 0.2) is 12.4 Å². The number of aromatic nitrogens is 2. The minimum atomic E-state index is -0.500. The smallest absolute Gasteiger partial charge is 0.138 e. The molecular weight excluding hydrogens is 154 g/mol. The molecule has 1 aromatic heterocycles. The van der Waals surface area contributed by atoms with E-state index in [0.717, 1.165) is 0 Å². The van der Waals surface area contributed by atoms with Gasteiger partial charge >= 0.3 is 0 Å². The van der Waals surface area contributed by atoms with Crippen LogP contribution in [0.3, 0.4) is 0 Å². The van der Waals surface area contributed by atoms with Gasteiger partial charge in [-0.3, -0.25) is 0 Å². The maximum Gasteiger partial charge on any atom is 0.138 e. The number of likely N-dealkylation sites (N-methyl/N-ethyl adjacent to an activating group) is 1. The van der Waals surface area contributed by atoms with Gasteiger partial charge in [-0.2, -0.15) is 0 Å². The Kier molecular flexibility index (Phi) is 2.83. The quantitative estimate of drug-likeness (QED) is 0.693. The molecule has 1 N–H and O–H groups in total. The molecule has 0 saturated heterocycles. The standard InChI is InChI=1S/C8H15N3O/c1-10(2)6-7(12)8-9-4-5-11(8)3/h4-5,7,12H,6H2,1-3H3. The van der Waals surface area contributed by atoms with Crippen LogP contribution < -0.4 is 0 Å². The second-order valence-corrected chi connectivity index (χ2v) is 3.17. The molecule has 1 aromatic rings. The monoisotopic (exact) mass is 169 g/mol. The van der Waals surface area contributed by atoms with E-state index in [1.54, 1.807) is 6.20 Å². The molecule has 0 spiro atoms. The summed E-state index contributed by atoms with van der Waals surface area (Å²) in [4.78, 5) is 5.98. The van der Waals surface area contributed by atoms with Crippen molar-refractivity contribution in [3.8, 4) is 0 Å². The molecule has 0 amide bonds. The van der Waals surface area contributed by atoms with E-state index in [2.05, 4.69) is 4.98 Å². The lowest BCUT2D eigenvalue weighted by atomic mass is 10.3. The Hall–Kier alpha value is -0.870. The summed E-state index contributed by atoms with van der Waals surface area (Å²) in [6, 6.07) is 0. The molecule has 0 radical (unpaired) electrons. The summed E-state index contributed by atoms with van der Waals surface area (Å²) in [7, 11) is 5.72. The highest BCUT2D eigenvalue weighted by Crippen LogP contribution is 2.09. The molecule has 12 heavy (non-hydrogen) atoms. The number of hydrogen-bond donors (Lipinski definition) is 1. The highest BCUT2D eigenvalue weighted by atomic mass is 16.3. The zero-order valence-electron chi connectivity index (χ0n) is 7.73. The first-order chi connectivity index (χ1) is 5.61. The lowest BCUT2D eigenvalue weighted by Crippen LogP contribution is -2.22. The Bertz CT molecular complexity index is 244. The largest absolute Gasteiger partial charge is 0.384 e. The molecule has 0 bridgehead atoms. The fourth-order valence-corrected chi connectivity index (χ4v) is 1.13. The van der Waals surface area contributed by atoms with Gasteiger partial charge < -0.3 is 14.6 Å². The summed E-state index contributed by atoms with van der Waals surface area (Å²) in [5, 5.41) is 9.64. The topological polar surface area (TPSA) is 41.3 Å². The van der Waals surface area contributed by atoms with Crippen LogP contribution in [-0.4, -0.2) is 40.2 Å². The Morgan fingerprint density at radius 1 is 1.67 bits per heavy atom. The SMILES string of the molecule is CN(C)CC(O)c1nccn1C. The van der Waals surface area contributed by atoms with Gasteiger partial charge in [0.25, 0.3) is 0 Å². The average molecular weight is 169 g/mol. The van der Waals surface area contributed by atoms with Gasteiger partial charge in [-0.25, -0.2) is 4.98 Å². The van der Waals surface area contributed by atoms with Gasteiger partial charge in [0.15, 0.2) is 0 Å². The summed E-state index contributed by atoms with van der Waals surface area (Å²) in [5.41, 5.74) is 0. The van der Waals surface area contributed by atoms with Crippen molar-refractivity contribution in [3.05, 3.63) is 18.2 Å². The lowest BCUT2D eigenvalue weighted by molar-refractivity contribution is 0.127. The van der Waals surface area contributed by atoms with Crippen molar-refractivity contribution >= 4 is 0 Å². The van der Waals surface area contributed by atoms with Gasteiger partial charge in [0.2, 0.25) is 0 Å². The highest BCUT2D eigenvalue weighted by molar-refractivity contribution is 4.95.